The fraction of sp³-hybridized carbons (Fsp3) is 0.318. The summed E-state index contributed by atoms with van der Waals surface area (Å²) < 4.78 is 0. The summed E-state index contributed by atoms with van der Waals surface area (Å²) in [5.41, 5.74) is 3.14. The maximum absolute atomic E-state index is 13.0. The van der Waals surface area contributed by atoms with Crippen LogP contribution in [0.1, 0.15) is 28.8 Å². The number of carboxylic acids is 1. The largest absolute Gasteiger partial charge is 0.550 e. The van der Waals surface area contributed by atoms with Gasteiger partial charge in [0.2, 0.25) is 5.91 Å². The zero-order valence-corrected chi connectivity index (χ0v) is 16.4. The van der Waals surface area contributed by atoms with Crippen molar-refractivity contribution in [2.75, 3.05) is 36.4 Å². The maximum Gasteiger partial charge on any atom is 0.256 e. The van der Waals surface area contributed by atoms with Crippen molar-refractivity contribution in [3.05, 3.63) is 59.7 Å². The highest BCUT2D eigenvalue weighted by Gasteiger charge is 2.24. The summed E-state index contributed by atoms with van der Waals surface area (Å²) >= 11 is 0. The molecule has 0 spiro atoms. The molecule has 1 aliphatic rings. The van der Waals surface area contributed by atoms with E-state index >= 15 is 0 Å². The highest BCUT2D eigenvalue weighted by atomic mass is 16.4. The van der Waals surface area contributed by atoms with Crippen molar-refractivity contribution in [1.82, 2.24) is 4.90 Å². The molecule has 0 unspecified atom stereocenters. The Bertz CT molecular complexity index is 887. The van der Waals surface area contributed by atoms with Crippen molar-refractivity contribution in [3.63, 3.8) is 0 Å². The Balaban J connectivity index is 1.63. The number of carbonyl (C=O) groups is 3. The summed E-state index contributed by atoms with van der Waals surface area (Å²) in [7, 11) is 0. The molecule has 0 aromatic heterocycles. The van der Waals surface area contributed by atoms with Gasteiger partial charge < -0.3 is 25.0 Å². The molecular weight excluding hydrogens is 370 g/mol. The van der Waals surface area contributed by atoms with Crippen LogP contribution in [-0.4, -0.2) is 48.9 Å². The van der Waals surface area contributed by atoms with Crippen molar-refractivity contribution < 1.29 is 19.5 Å². The van der Waals surface area contributed by atoms with Crippen LogP contribution >= 0.6 is 0 Å². The zero-order chi connectivity index (χ0) is 20.8. The number of piperazine rings is 1. The lowest BCUT2D eigenvalue weighted by atomic mass is 10.1. The summed E-state index contributed by atoms with van der Waals surface area (Å²) in [5.74, 6) is -1.89. The van der Waals surface area contributed by atoms with Crippen molar-refractivity contribution in [1.29, 1.82) is 0 Å². The maximum atomic E-state index is 13.0. The molecule has 0 atom stereocenters. The molecule has 7 nitrogen and oxygen atoms in total. The summed E-state index contributed by atoms with van der Waals surface area (Å²) in [5, 5.41) is 13.2. The van der Waals surface area contributed by atoms with E-state index < -0.39 is 11.9 Å². The fourth-order valence-electron chi connectivity index (χ4n) is 3.30. The molecule has 29 heavy (non-hydrogen) atoms. The minimum absolute atomic E-state index is 0.149. The number of nitrogens with zero attached hydrogens (tertiary/aromatic N) is 2. The molecule has 1 aliphatic heterocycles. The number of rotatable bonds is 6. The van der Waals surface area contributed by atoms with Gasteiger partial charge in [-0.25, -0.2) is 0 Å². The number of anilines is 2. The number of carbonyl (C=O) groups excluding carboxylic acids is 3. The average molecular weight is 394 g/mol. The number of hydrogen-bond donors (Lipinski definition) is 1. The number of nitrogens with one attached hydrogen (secondary N) is 1. The van der Waals surface area contributed by atoms with Crippen LogP contribution in [0.5, 0.6) is 0 Å². The van der Waals surface area contributed by atoms with Gasteiger partial charge in [-0.05, 0) is 37.6 Å². The molecule has 0 bridgehead atoms. The zero-order valence-electron chi connectivity index (χ0n) is 16.4. The number of aryl methyl sites for hydroxylation is 1. The molecule has 1 saturated heterocycles. The lowest BCUT2D eigenvalue weighted by Crippen LogP contribution is -2.49. The second-order valence-electron chi connectivity index (χ2n) is 7.08. The molecule has 0 saturated carbocycles. The lowest BCUT2D eigenvalue weighted by molar-refractivity contribution is -0.305. The van der Waals surface area contributed by atoms with Crippen LogP contribution in [0.25, 0.3) is 0 Å². The highest BCUT2D eigenvalue weighted by molar-refractivity contribution is 6.04. The van der Waals surface area contributed by atoms with Gasteiger partial charge in [-0.15, -0.1) is 0 Å². The molecule has 1 heterocycles. The Morgan fingerprint density at radius 2 is 1.59 bits per heavy atom. The van der Waals surface area contributed by atoms with Gasteiger partial charge in [0.15, 0.2) is 0 Å². The highest BCUT2D eigenvalue weighted by Crippen LogP contribution is 2.21. The third-order valence-electron chi connectivity index (χ3n) is 4.95. The van der Waals surface area contributed by atoms with Gasteiger partial charge in [-0.1, -0.05) is 29.8 Å². The summed E-state index contributed by atoms with van der Waals surface area (Å²) in [6.45, 7) is 4.68. The van der Waals surface area contributed by atoms with E-state index in [9.17, 15) is 19.5 Å². The molecule has 7 heteroatoms. The normalized spacial score (nSPS) is 13.8. The van der Waals surface area contributed by atoms with Crippen LogP contribution in [0, 0.1) is 6.92 Å². The summed E-state index contributed by atoms with van der Waals surface area (Å²) in [6.07, 6.45) is -0.553. The van der Waals surface area contributed by atoms with Crippen LogP contribution in [0.15, 0.2) is 48.5 Å². The van der Waals surface area contributed by atoms with Crippen LogP contribution in [0.4, 0.5) is 11.4 Å². The number of benzene rings is 2. The van der Waals surface area contributed by atoms with Crippen LogP contribution < -0.4 is 15.3 Å². The molecule has 2 aromatic carbocycles. The van der Waals surface area contributed by atoms with Gasteiger partial charge in [0.05, 0.1) is 11.3 Å². The van der Waals surface area contributed by atoms with E-state index in [4.69, 9.17) is 0 Å². The Kier molecular flexibility index (Phi) is 6.49. The van der Waals surface area contributed by atoms with E-state index in [0.717, 1.165) is 18.8 Å². The first-order chi connectivity index (χ1) is 13.9. The third kappa shape index (κ3) is 5.34. The van der Waals surface area contributed by atoms with E-state index in [1.807, 2.05) is 0 Å². The monoisotopic (exact) mass is 394 g/mol. The molecule has 152 valence electrons. The van der Waals surface area contributed by atoms with Crippen molar-refractivity contribution in [3.8, 4) is 0 Å². The van der Waals surface area contributed by atoms with E-state index in [2.05, 4.69) is 41.4 Å². The molecule has 1 N–H and O–H groups in total. The Morgan fingerprint density at radius 3 is 2.24 bits per heavy atom. The minimum atomic E-state index is -1.28. The summed E-state index contributed by atoms with van der Waals surface area (Å²) in [6, 6.07) is 15.1. The number of aliphatic carboxylic acids is 1. The topological polar surface area (TPSA) is 92.8 Å². The van der Waals surface area contributed by atoms with Gasteiger partial charge in [-0.3, -0.25) is 9.59 Å². The van der Waals surface area contributed by atoms with Gasteiger partial charge in [0.25, 0.3) is 5.91 Å². The molecule has 0 radical (unpaired) electrons. The Labute approximate surface area is 169 Å². The van der Waals surface area contributed by atoms with E-state index in [1.165, 1.54) is 5.56 Å². The standard InChI is InChI=1S/C22H25N3O4/c1-16-6-8-17(9-7-16)24-12-14-25(15-13-24)22(29)18-4-2-3-5-19(18)23-20(26)10-11-21(27)28/h2-9H,10-15H2,1H3,(H,23,26)(H,27,28)/p-1. The van der Waals surface area contributed by atoms with Crippen LogP contribution in [0.3, 0.4) is 0 Å². The summed E-state index contributed by atoms with van der Waals surface area (Å²) in [4.78, 5) is 39.5. The SMILES string of the molecule is Cc1ccc(N2CCN(C(=O)c3ccccc3NC(=O)CCC(=O)[O-])CC2)cc1. The smallest absolute Gasteiger partial charge is 0.256 e. The second-order valence-corrected chi connectivity index (χ2v) is 7.08. The molecule has 2 amide bonds. The van der Waals surface area contributed by atoms with E-state index in [0.29, 0.717) is 24.3 Å². The van der Waals surface area contributed by atoms with Crippen LogP contribution in [-0.2, 0) is 9.59 Å². The molecule has 1 fully saturated rings. The average Bonchev–Trinajstić information content (AvgIpc) is 2.73. The predicted octanol–water partition coefficient (Wildman–Crippen LogP) is 1.43. The van der Waals surface area contributed by atoms with Crippen LogP contribution in [0.2, 0.25) is 0 Å². The number of hydrogen-bond acceptors (Lipinski definition) is 5. The molecule has 0 aliphatic carbocycles. The number of para-hydroxylation sites is 1. The van der Waals surface area contributed by atoms with Crippen molar-refractivity contribution in [2.45, 2.75) is 19.8 Å². The van der Waals surface area contributed by atoms with Crippen molar-refractivity contribution in [2.24, 2.45) is 0 Å². The van der Waals surface area contributed by atoms with E-state index in [1.54, 1.807) is 29.2 Å². The molecule has 2 aromatic rings. The number of carboxylic acid groups (broad SMARTS) is 1. The number of amides is 2. The lowest BCUT2D eigenvalue weighted by Gasteiger charge is -2.36. The first kappa shape index (κ1) is 20.4. The minimum Gasteiger partial charge on any atom is -0.550 e. The third-order valence-corrected chi connectivity index (χ3v) is 4.95. The Hall–Kier alpha value is -3.35. The van der Waals surface area contributed by atoms with Gasteiger partial charge in [0.1, 0.15) is 0 Å². The van der Waals surface area contributed by atoms with Gasteiger partial charge in [-0.2, -0.15) is 0 Å². The second kappa shape index (κ2) is 9.23. The first-order valence-corrected chi connectivity index (χ1v) is 9.63. The Morgan fingerprint density at radius 1 is 0.931 bits per heavy atom. The van der Waals surface area contributed by atoms with Crippen molar-refractivity contribution >= 4 is 29.2 Å². The predicted molar refractivity (Wildman–Crippen MR) is 109 cm³/mol. The molecular formula is C22H24N3O4-. The fourth-order valence-corrected chi connectivity index (χ4v) is 3.30. The van der Waals surface area contributed by atoms with E-state index in [-0.39, 0.29) is 18.7 Å². The van der Waals surface area contributed by atoms with Gasteiger partial charge >= 0.3 is 0 Å². The first-order valence-electron chi connectivity index (χ1n) is 9.63. The molecule has 3 rings (SSSR count). The van der Waals surface area contributed by atoms with Gasteiger partial charge in [0, 0.05) is 44.3 Å². The quantitative estimate of drug-likeness (QED) is 0.800.